The summed E-state index contributed by atoms with van der Waals surface area (Å²) in [6.45, 7) is 0.399. The fraction of sp³-hybridized carbons (Fsp3) is 0.0833. The number of nitrogens with one attached hydrogen (secondary N) is 2. The fourth-order valence-electron chi connectivity index (χ4n) is 3.26. The summed E-state index contributed by atoms with van der Waals surface area (Å²) in [6.07, 6.45) is 0.476. The molecule has 0 fully saturated rings. The van der Waals surface area contributed by atoms with E-state index in [1.807, 2.05) is 78.9 Å². The van der Waals surface area contributed by atoms with Crippen molar-refractivity contribution < 1.29 is 4.79 Å². The Labute approximate surface area is 162 Å². The van der Waals surface area contributed by atoms with Crippen LogP contribution in [-0.2, 0) is 6.42 Å². The first-order valence-corrected chi connectivity index (χ1v) is 9.25. The molecule has 3 aromatic carbocycles. The lowest BCUT2D eigenvalue weighted by Gasteiger charge is -2.08. The first-order valence-electron chi connectivity index (χ1n) is 9.25. The largest absolute Gasteiger partial charge is 0.352 e. The summed E-state index contributed by atoms with van der Waals surface area (Å²) in [5.41, 5.74) is 4.04. The van der Waals surface area contributed by atoms with Crippen LogP contribution in [0.3, 0.4) is 0 Å². The number of carbonyl (C=O) groups excluding carboxylic acids is 1. The minimum absolute atomic E-state index is 0.112. The highest BCUT2D eigenvalue weighted by molar-refractivity contribution is 5.95. The van der Waals surface area contributed by atoms with Gasteiger partial charge >= 0.3 is 0 Å². The lowest BCUT2D eigenvalue weighted by atomic mass is 10.0. The number of rotatable bonds is 5. The van der Waals surface area contributed by atoms with Crippen LogP contribution < -0.4 is 10.9 Å². The van der Waals surface area contributed by atoms with E-state index in [1.54, 1.807) is 6.07 Å². The SMILES string of the molecule is O=C(NCCc1cc2ccccc2[nH]c1=O)c1cccc(-c2ccccc2)c1. The van der Waals surface area contributed by atoms with Crippen molar-refractivity contribution in [1.29, 1.82) is 0 Å². The van der Waals surface area contributed by atoms with E-state index in [-0.39, 0.29) is 11.5 Å². The molecule has 1 aromatic heterocycles. The van der Waals surface area contributed by atoms with Crippen LogP contribution in [-0.4, -0.2) is 17.4 Å². The van der Waals surface area contributed by atoms with Crippen LogP contribution in [0.2, 0.25) is 0 Å². The lowest BCUT2D eigenvalue weighted by Crippen LogP contribution is -2.27. The molecule has 0 aliphatic carbocycles. The predicted octanol–water partition coefficient (Wildman–Crippen LogP) is 4.17. The van der Waals surface area contributed by atoms with Gasteiger partial charge in [0.25, 0.3) is 11.5 Å². The van der Waals surface area contributed by atoms with Crippen molar-refractivity contribution in [2.75, 3.05) is 6.54 Å². The number of hydrogen-bond acceptors (Lipinski definition) is 2. The van der Waals surface area contributed by atoms with E-state index < -0.39 is 0 Å². The van der Waals surface area contributed by atoms with Crippen molar-refractivity contribution in [2.24, 2.45) is 0 Å². The highest BCUT2D eigenvalue weighted by Gasteiger charge is 2.08. The topological polar surface area (TPSA) is 62.0 Å². The molecule has 28 heavy (non-hydrogen) atoms. The molecule has 0 aliphatic heterocycles. The zero-order chi connectivity index (χ0) is 19.3. The van der Waals surface area contributed by atoms with Gasteiger partial charge in [-0.1, -0.05) is 60.7 Å². The highest BCUT2D eigenvalue weighted by Crippen LogP contribution is 2.20. The van der Waals surface area contributed by atoms with Gasteiger partial charge in [-0.3, -0.25) is 9.59 Å². The predicted molar refractivity (Wildman–Crippen MR) is 112 cm³/mol. The molecule has 138 valence electrons. The first-order chi connectivity index (χ1) is 13.7. The number of benzene rings is 3. The lowest BCUT2D eigenvalue weighted by molar-refractivity contribution is 0.0954. The summed E-state index contributed by atoms with van der Waals surface area (Å²) in [4.78, 5) is 27.6. The summed E-state index contributed by atoms with van der Waals surface area (Å²) in [7, 11) is 0. The van der Waals surface area contributed by atoms with E-state index in [0.29, 0.717) is 24.1 Å². The van der Waals surface area contributed by atoms with Gasteiger partial charge in [-0.15, -0.1) is 0 Å². The Balaban J connectivity index is 1.44. The molecule has 0 aliphatic rings. The first kappa shape index (κ1) is 17.7. The summed E-state index contributed by atoms with van der Waals surface area (Å²) >= 11 is 0. The molecular formula is C24H20N2O2. The van der Waals surface area contributed by atoms with E-state index >= 15 is 0 Å². The molecule has 1 amide bonds. The molecule has 4 heteroatoms. The van der Waals surface area contributed by atoms with Gasteiger partial charge in [-0.2, -0.15) is 0 Å². The van der Waals surface area contributed by atoms with Gasteiger partial charge in [0.05, 0.1) is 0 Å². The van der Waals surface area contributed by atoms with Crippen LogP contribution in [0.25, 0.3) is 22.0 Å². The zero-order valence-corrected chi connectivity index (χ0v) is 15.3. The van der Waals surface area contributed by atoms with Crippen molar-refractivity contribution in [3.05, 3.63) is 106 Å². The Morgan fingerprint density at radius 1 is 0.821 bits per heavy atom. The number of aromatic nitrogens is 1. The van der Waals surface area contributed by atoms with Gasteiger partial charge in [-0.05, 0) is 47.2 Å². The molecule has 0 atom stereocenters. The van der Waals surface area contributed by atoms with Crippen LogP contribution in [0.5, 0.6) is 0 Å². The molecule has 0 saturated carbocycles. The third kappa shape index (κ3) is 3.86. The van der Waals surface area contributed by atoms with E-state index in [0.717, 1.165) is 22.0 Å². The van der Waals surface area contributed by atoms with Crippen molar-refractivity contribution in [1.82, 2.24) is 10.3 Å². The standard InChI is InChI=1S/C24H20N2O2/c27-23(20-11-6-10-18(15-20)17-7-2-1-3-8-17)25-14-13-21-16-19-9-4-5-12-22(19)26-24(21)28/h1-12,15-16H,13-14H2,(H,25,27)(H,26,28). The highest BCUT2D eigenvalue weighted by atomic mass is 16.1. The molecule has 0 unspecified atom stereocenters. The number of carbonyl (C=O) groups is 1. The van der Waals surface area contributed by atoms with Crippen molar-refractivity contribution in [3.8, 4) is 11.1 Å². The monoisotopic (exact) mass is 368 g/mol. The van der Waals surface area contributed by atoms with Crippen LogP contribution in [0.1, 0.15) is 15.9 Å². The van der Waals surface area contributed by atoms with Gasteiger partial charge in [0.2, 0.25) is 0 Å². The van der Waals surface area contributed by atoms with Crippen LogP contribution >= 0.6 is 0 Å². The molecule has 0 saturated heterocycles. The Morgan fingerprint density at radius 3 is 2.43 bits per heavy atom. The number of amides is 1. The van der Waals surface area contributed by atoms with E-state index in [2.05, 4.69) is 10.3 Å². The smallest absolute Gasteiger partial charge is 0.251 e. The second kappa shape index (κ2) is 7.92. The quantitative estimate of drug-likeness (QED) is 0.555. The summed E-state index contributed by atoms with van der Waals surface area (Å²) in [5.74, 6) is -0.144. The molecule has 0 radical (unpaired) electrons. The van der Waals surface area contributed by atoms with Gasteiger partial charge in [-0.25, -0.2) is 0 Å². The minimum Gasteiger partial charge on any atom is -0.352 e. The Morgan fingerprint density at radius 2 is 1.57 bits per heavy atom. The Kier molecular flexibility index (Phi) is 5.02. The Hall–Kier alpha value is -3.66. The molecular weight excluding hydrogens is 348 g/mol. The van der Waals surface area contributed by atoms with Crippen molar-refractivity contribution in [2.45, 2.75) is 6.42 Å². The number of para-hydroxylation sites is 1. The molecule has 2 N–H and O–H groups in total. The molecule has 1 heterocycles. The number of hydrogen-bond donors (Lipinski definition) is 2. The number of H-pyrrole nitrogens is 1. The van der Waals surface area contributed by atoms with Gasteiger partial charge in [0.1, 0.15) is 0 Å². The summed E-state index contributed by atoms with van der Waals surface area (Å²) in [6, 6.07) is 27.0. The maximum Gasteiger partial charge on any atom is 0.251 e. The third-order valence-corrected chi connectivity index (χ3v) is 4.74. The van der Waals surface area contributed by atoms with Crippen LogP contribution in [0, 0.1) is 0 Å². The van der Waals surface area contributed by atoms with E-state index in [4.69, 9.17) is 0 Å². The molecule has 4 nitrogen and oxygen atoms in total. The van der Waals surface area contributed by atoms with Crippen molar-refractivity contribution in [3.63, 3.8) is 0 Å². The maximum atomic E-state index is 12.5. The Bertz CT molecular complexity index is 1180. The van der Waals surface area contributed by atoms with Gasteiger partial charge in [0, 0.05) is 23.2 Å². The molecule has 4 rings (SSSR count). The average Bonchev–Trinajstić information content (AvgIpc) is 2.74. The second-order valence-corrected chi connectivity index (χ2v) is 6.66. The number of fused-ring (bicyclic) bond motifs is 1. The van der Waals surface area contributed by atoms with Crippen molar-refractivity contribution >= 4 is 16.8 Å². The summed E-state index contributed by atoms with van der Waals surface area (Å²) < 4.78 is 0. The number of pyridine rings is 1. The number of aromatic amines is 1. The maximum absolute atomic E-state index is 12.5. The second-order valence-electron chi connectivity index (χ2n) is 6.66. The van der Waals surface area contributed by atoms with E-state index in [9.17, 15) is 9.59 Å². The zero-order valence-electron chi connectivity index (χ0n) is 15.3. The van der Waals surface area contributed by atoms with Crippen LogP contribution in [0.15, 0.2) is 89.7 Å². The third-order valence-electron chi connectivity index (χ3n) is 4.74. The van der Waals surface area contributed by atoms with Gasteiger partial charge in [0.15, 0.2) is 0 Å². The molecule has 4 aromatic rings. The average molecular weight is 368 g/mol. The minimum atomic E-state index is -0.144. The molecule has 0 bridgehead atoms. The fourth-order valence-corrected chi connectivity index (χ4v) is 3.26. The normalized spacial score (nSPS) is 10.7. The molecule has 0 spiro atoms. The summed E-state index contributed by atoms with van der Waals surface area (Å²) in [5, 5.41) is 3.89. The van der Waals surface area contributed by atoms with Gasteiger partial charge < -0.3 is 10.3 Å². The van der Waals surface area contributed by atoms with Crippen LogP contribution in [0.4, 0.5) is 0 Å². The van der Waals surface area contributed by atoms with E-state index in [1.165, 1.54) is 0 Å².